The molecule has 0 aromatic heterocycles. The molecule has 3 nitrogen and oxygen atoms in total. The van der Waals surface area contributed by atoms with Crippen molar-refractivity contribution in [1.29, 1.82) is 0 Å². The summed E-state index contributed by atoms with van der Waals surface area (Å²) in [5.74, 6) is 0.764. The molecule has 1 N–H and O–H groups in total. The van der Waals surface area contributed by atoms with Gasteiger partial charge in [0.15, 0.2) is 0 Å². The first-order valence-electron chi connectivity index (χ1n) is 6.88. The highest BCUT2D eigenvalue weighted by atomic mass is 79.9. The van der Waals surface area contributed by atoms with E-state index in [4.69, 9.17) is 9.84 Å². The second kappa shape index (κ2) is 8.46. The molecule has 0 unspecified atom stereocenters. The normalized spacial score (nSPS) is 11.1. The number of aliphatic imine (C=N–C) groups is 1. The average molecular weight is 427 g/mol. The summed E-state index contributed by atoms with van der Waals surface area (Å²) in [7, 11) is 0. The molecular weight excluding hydrogens is 410 g/mol. The van der Waals surface area contributed by atoms with E-state index < -0.39 is 0 Å². The third-order valence-electron chi connectivity index (χ3n) is 2.99. The van der Waals surface area contributed by atoms with E-state index in [2.05, 4.69) is 68.0 Å². The van der Waals surface area contributed by atoms with Crippen LogP contribution in [0.25, 0.3) is 0 Å². The second-order valence-electron chi connectivity index (χ2n) is 4.85. The molecule has 0 aliphatic heterocycles. The van der Waals surface area contributed by atoms with Gasteiger partial charge in [0.2, 0.25) is 0 Å². The van der Waals surface area contributed by atoms with Crippen LogP contribution in [0.4, 0.5) is 0 Å². The smallest absolute Gasteiger partial charge is 0.148 e. The Bertz CT molecular complexity index is 631. The standard InChI is InChI=1S/C17H17Br2NO2/c1-12-2-4-13(5-3-12)11-22-17-15(18)8-14(9-16(17)19)10-20-6-7-21/h2-5,8-10,21H,6-7,11H2,1H3/b20-10+. The zero-order valence-corrected chi connectivity index (χ0v) is 15.4. The van der Waals surface area contributed by atoms with E-state index in [9.17, 15) is 0 Å². The quantitative estimate of drug-likeness (QED) is 0.690. The summed E-state index contributed by atoms with van der Waals surface area (Å²) >= 11 is 7.05. The van der Waals surface area contributed by atoms with Crippen LogP contribution in [0.1, 0.15) is 16.7 Å². The maximum absolute atomic E-state index is 8.74. The molecule has 0 fully saturated rings. The third-order valence-corrected chi connectivity index (χ3v) is 4.17. The summed E-state index contributed by atoms with van der Waals surface area (Å²) < 4.78 is 7.62. The van der Waals surface area contributed by atoms with Gasteiger partial charge in [0.25, 0.3) is 0 Å². The highest BCUT2D eigenvalue weighted by Gasteiger charge is 2.08. The molecule has 2 aromatic carbocycles. The van der Waals surface area contributed by atoms with Gasteiger partial charge in [-0.15, -0.1) is 0 Å². The van der Waals surface area contributed by atoms with Gasteiger partial charge in [-0.05, 0) is 62.0 Å². The highest BCUT2D eigenvalue weighted by Crippen LogP contribution is 2.35. The Morgan fingerprint density at radius 1 is 1.14 bits per heavy atom. The van der Waals surface area contributed by atoms with Crippen molar-refractivity contribution in [3.63, 3.8) is 0 Å². The van der Waals surface area contributed by atoms with E-state index in [0.717, 1.165) is 25.8 Å². The number of rotatable bonds is 6. The van der Waals surface area contributed by atoms with E-state index >= 15 is 0 Å². The monoisotopic (exact) mass is 425 g/mol. The first kappa shape index (κ1) is 17.2. The molecule has 5 heteroatoms. The van der Waals surface area contributed by atoms with Gasteiger partial charge in [-0.3, -0.25) is 4.99 Å². The summed E-state index contributed by atoms with van der Waals surface area (Å²) in [5.41, 5.74) is 3.30. The zero-order chi connectivity index (χ0) is 15.9. The molecule has 0 spiro atoms. The number of aliphatic hydroxyl groups is 1. The van der Waals surface area contributed by atoms with Crippen molar-refractivity contribution in [2.45, 2.75) is 13.5 Å². The minimum atomic E-state index is 0.0522. The van der Waals surface area contributed by atoms with Crippen LogP contribution in [0.15, 0.2) is 50.3 Å². The number of aryl methyl sites for hydroxylation is 1. The lowest BCUT2D eigenvalue weighted by Gasteiger charge is -2.11. The molecule has 0 atom stereocenters. The van der Waals surface area contributed by atoms with Gasteiger partial charge in [-0.1, -0.05) is 29.8 Å². The Labute approximate surface area is 147 Å². The summed E-state index contributed by atoms with van der Waals surface area (Å²) in [6.45, 7) is 3.03. The Morgan fingerprint density at radius 2 is 1.77 bits per heavy atom. The third kappa shape index (κ3) is 4.93. The largest absolute Gasteiger partial charge is 0.487 e. The van der Waals surface area contributed by atoms with E-state index in [0.29, 0.717) is 13.2 Å². The van der Waals surface area contributed by atoms with Crippen molar-refractivity contribution in [2.24, 2.45) is 4.99 Å². The van der Waals surface area contributed by atoms with Gasteiger partial charge >= 0.3 is 0 Å². The fourth-order valence-electron chi connectivity index (χ4n) is 1.86. The number of benzene rings is 2. The van der Waals surface area contributed by atoms with E-state index in [1.807, 2.05) is 12.1 Å². The average Bonchev–Trinajstić information content (AvgIpc) is 2.48. The van der Waals surface area contributed by atoms with Crippen LogP contribution in [0.3, 0.4) is 0 Å². The molecule has 0 bridgehead atoms. The summed E-state index contributed by atoms with van der Waals surface area (Å²) in [6.07, 6.45) is 1.73. The highest BCUT2D eigenvalue weighted by molar-refractivity contribution is 9.11. The fraction of sp³-hybridized carbons (Fsp3) is 0.235. The SMILES string of the molecule is Cc1ccc(COc2c(Br)cc(/C=N/CCO)cc2Br)cc1. The van der Waals surface area contributed by atoms with Gasteiger partial charge in [-0.2, -0.15) is 0 Å². The Kier molecular flexibility index (Phi) is 6.61. The number of aliphatic hydroxyl groups excluding tert-OH is 1. The molecule has 22 heavy (non-hydrogen) atoms. The lowest BCUT2D eigenvalue weighted by atomic mass is 10.2. The van der Waals surface area contributed by atoms with Crippen molar-refractivity contribution in [2.75, 3.05) is 13.2 Å². The van der Waals surface area contributed by atoms with Crippen molar-refractivity contribution in [3.05, 3.63) is 62.0 Å². The van der Waals surface area contributed by atoms with Gasteiger partial charge in [0.05, 0.1) is 22.1 Å². The molecule has 116 valence electrons. The van der Waals surface area contributed by atoms with Crippen molar-refractivity contribution in [3.8, 4) is 5.75 Å². The molecule has 0 amide bonds. The summed E-state index contributed by atoms with van der Waals surface area (Å²) in [5, 5.41) is 8.74. The molecule has 2 aromatic rings. The first-order chi connectivity index (χ1) is 10.6. The molecule has 2 rings (SSSR count). The van der Waals surface area contributed by atoms with Crippen LogP contribution >= 0.6 is 31.9 Å². The maximum Gasteiger partial charge on any atom is 0.148 e. The summed E-state index contributed by atoms with van der Waals surface area (Å²) in [4.78, 5) is 4.12. The number of hydrogen-bond acceptors (Lipinski definition) is 3. The Hall–Kier alpha value is -1.17. The molecule has 0 radical (unpaired) electrons. The van der Waals surface area contributed by atoms with Crippen LogP contribution in [0, 0.1) is 6.92 Å². The predicted octanol–water partition coefficient (Wildman–Crippen LogP) is 4.51. The first-order valence-corrected chi connectivity index (χ1v) is 8.47. The fourth-order valence-corrected chi connectivity index (χ4v) is 3.31. The molecule has 0 aliphatic rings. The molecule has 0 saturated carbocycles. The lowest BCUT2D eigenvalue weighted by Crippen LogP contribution is -1.98. The van der Waals surface area contributed by atoms with E-state index in [-0.39, 0.29) is 6.61 Å². The van der Waals surface area contributed by atoms with Crippen molar-refractivity contribution < 1.29 is 9.84 Å². The minimum absolute atomic E-state index is 0.0522. The Balaban J connectivity index is 2.09. The van der Waals surface area contributed by atoms with Crippen LogP contribution in [-0.2, 0) is 6.61 Å². The van der Waals surface area contributed by atoms with E-state index in [1.165, 1.54) is 5.56 Å². The van der Waals surface area contributed by atoms with Crippen molar-refractivity contribution in [1.82, 2.24) is 0 Å². The molecule has 0 aliphatic carbocycles. The topological polar surface area (TPSA) is 41.8 Å². The van der Waals surface area contributed by atoms with Crippen LogP contribution in [0.5, 0.6) is 5.75 Å². The minimum Gasteiger partial charge on any atom is -0.487 e. The molecule has 0 heterocycles. The summed E-state index contributed by atoms with van der Waals surface area (Å²) in [6, 6.07) is 12.2. The lowest BCUT2D eigenvalue weighted by molar-refractivity contribution is 0.302. The van der Waals surface area contributed by atoms with Gasteiger partial charge < -0.3 is 9.84 Å². The van der Waals surface area contributed by atoms with Crippen LogP contribution in [0.2, 0.25) is 0 Å². The zero-order valence-electron chi connectivity index (χ0n) is 12.2. The van der Waals surface area contributed by atoms with E-state index in [1.54, 1.807) is 6.21 Å². The van der Waals surface area contributed by atoms with Gasteiger partial charge in [0, 0.05) is 6.21 Å². The predicted molar refractivity (Wildman–Crippen MR) is 96.9 cm³/mol. The Morgan fingerprint density at radius 3 is 2.36 bits per heavy atom. The number of hydrogen-bond donors (Lipinski definition) is 1. The number of ether oxygens (including phenoxy) is 1. The maximum atomic E-state index is 8.74. The molecule has 0 saturated heterocycles. The van der Waals surface area contributed by atoms with Crippen LogP contribution in [-0.4, -0.2) is 24.5 Å². The van der Waals surface area contributed by atoms with Crippen LogP contribution < -0.4 is 4.74 Å². The van der Waals surface area contributed by atoms with Gasteiger partial charge in [-0.25, -0.2) is 0 Å². The molecular formula is C17H17Br2NO2. The number of nitrogens with zero attached hydrogens (tertiary/aromatic N) is 1. The van der Waals surface area contributed by atoms with Gasteiger partial charge in [0.1, 0.15) is 12.4 Å². The second-order valence-corrected chi connectivity index (χ2v) is 6.56. The van der Waals surface area contributed by atoms with Crippen molar-refractivity contribution >= 4 is 38.1 Å². The number of halogens is 2.